The van der Waals surface area contributed by atoms with E-state index in [1.54, 1.807) is 24.3 Å². The number of hydrogen-bond donors (Lipinski definition) is 2. The van der Waals surface area contributed by atoms with Crippen LogP contribution in [0.1, 0.15) is 43.0 Å². The third kappa shape index (κ3) is 5.74. The predicted molar refractivity (Wildman–Crippen MR) is 97.1 cm³/mol. The van der Waals surface area contributed by atoms with Crippen LogP contribution in [0.15, 0.2) is 24.3 Å². The molecular formula is C17H25N3O4S. The minimum Gasteiger partial charge on any atom is -0.356 e. The molecule has 25 heavy (non-hydrogen) atoms. The van der Waals surface area contributed by atoms with Crippen molar-refractivity contribution in [1.29, 1.82) is 0 Å². The summed E-state index contributed by atoms with van der Waals surface area (Å²) in [7, 11) is -3.24. The maximum absolute atomic E-state index is 12.1. The van der Waals surface area contributed by atoms with Crippen LogP contribution in [0.3, 0.4) is 0 Å². The third-order valence-electron chi connectivity index (χ3n) is 4.03. The molecule has 2 amide bonds. The molecule has 7 nitrogen and oxygen atoms in total. The number of unbranched alkanes of at least 4 members (excludes halogenated alkanes) is 1. The summed E-state index contributed by atoms with van der Waals surface area (Å²) in [6.45, 7) is 3.09. The monoisotopic (exact) mass is 367 g/mol. The lowest BCUT2D eigenvalue weighted by Crippen LogP contribution is -2.37. The van der Waals surface area contributed by atoms with Gasteiger partial charge < -0.3 is 10.6 Å². The molecule has 0 aromatic heterocycles. The zero-order chi connectivity index (χ0) is 18.3. The zero-order valence-corrected chi connectivity index (χ0v) is 15.3. The van der Waals surface area contributed by atoms with Gasteiger partial charge in [0.15, 0.2) is 0 Å². The van der Waals surface area contributed by atoms with Crippen LogP contribution in [0, 0.1) is 0 Å². The lowest BCUT2D eigenvalue weighted by molar-refractivity contribution is -0.118. The molecule has 1 fully saturated rings. The van der Waals surface area contributed by atoms with Gasteiger partial charge in [-0.3, -0.25) is 13.9 Å². The second kappa shape index (κ2) is 8.84. The topological polar surface area (TPSA) is 95.6 Å². The van der Waals surface area contributed by atoms with Gasteiger partial charge >= 0.3 is 0 Å². The average Bonchev–Trinajstić information content (AvgIpc) is 2.57. The summed E-state index contributed by atoms with van der Waals surface area (Å²) >= 11 is 0. The Morgan fingerprint density at radius 2 is 1.68 bits per heavy atom. The highest BCUT2D eigenvalue weighted by molar-refractivity contribution is 7.92. The molecule has 0 saturated carbocycles. The Morgan fingerprint density at radius 1 is 1.04 bits per heavy atom. The van der Waals surface area contributed by atoms with E-state index < -0.39 is 10.0 Å². The van der Waals surface area contributed by atoms with Crippen molar-refractivity contribution in [2.45, 2.75) is 32.6 Å². The van der Waals surface area contributed by atoms with Crippen LogP contribution in [0.2, 0.25) is 0 Å². The highest BCUT2D eigenvalue weighted by Gasteiger charge is 2.25. The summed E-state index contributed by atoms with van der Waals surface area (Å²) in [5, 5.41) is 5.52. The van der Waals surface area contributed by atoms with Gasteiger partial charge in [0.25, 0.3) is 5.91 Å². The van der Waals surface area contributed by atoms with Crippen LogP contribution >= 0.6 is 0 Å². The van der Waals surface area contributed by atoms with Gasteiger partial charge in [-0.25, -0.2) is 8.42 Å². The molecule has 0 radical (unpaired) electrons. The summed E-state index contributed by atoms with van der Waals surface area (Å²) in [4.78, 5) is 22.8. The van der Waals surface area contributed by atoms with Crippen molar-refractivity contribution in [3.63, 3.8) is 0 Å². The molecule has 0 unspecified atom stereocenters. The minimum atomic E-state index is -3.24. The highest BCUT2D eigenvalue weighted by Crippen LogP contribution is 2.23. The first-order valence-corrected chi connectivity index (χ1v) is 10.1. The first kappa shape index (κ1) is 19.2. The summed E-state index contributed by atoms with van der Waals surface area (Å²) in [5.74, 6) is -0.0688. The van der Waals surface area contributed by atoms with Crippen molar-refractivity contribution in [3.8, 4) is 0 Å². The molecule has 0 spiro atoms. The molecule has 0 atom stereocenters. The highest BCUT2D eigenvalue weighted by atomic mass is 32.2. The molecule has 2 rings (SSSR count). The fourth-order valence-electron chi connectivity index (χ4n) is 2.68. The van der Waals surface area contributed by atoms with E-state index in [0.29, 0.717) is 37.3 Å². The second-order valence-corrected chi connectivity index (χ2v) is 8.10. The lowest BCUT2D eigenvalue weighted by Gasteiger charge is -2.28. The van der Waals surface area contributed by atoms with Crippen molar-refractivity contribution < 1.29 is 18.0 Å². The van der Waals surface area contributed by atoms with Gasteiger partial charge in [0.05, 0.1) is 11.4 Å². The number of benzene rings is 1. The quantitative estimate of drug-likeness (QED) is 0.709. The van der Waals surface area contributed by atoms with Gasteiger partial charge in [-0.1, -0.05) is 0 Å². The van der Waals surface area contributed by atoms with Crippen molar-refractivity contribution in [2.75, 3.05) is 29.7 Å². The first-order valence-electron chi connectivity index (χ1n) is 8.53. The Kier molecular flexibility index (Phi) is 6.81. The Hall–Kier alpha value is -2.09. The first-order chi connectivity index (χ1) is 11.9. The molecule has 1 heterocycles. The number of carbonyl (C=O) groups excluding carboxylic acids is 2. The zero-order valence-electron chi connectivity index (χ0n) is 14.5. The van der Waals surface area contributed by atoms with Crippen molar-refractivity contribution in [1.82, 2.24) is 10.6 Å². The normalized spacial score (nSPS) is 16.3. The predicted octanol–water partition coefficient (Wildman–Crippen LogP) is 1.26. The number of nitrogens with one attached hydrogen (secondary N) is 2. The Labute approximate surface area is 148 Å². The number of sulfonamides is 1. The van der Waals surface area contributed by atoms with E-state index >= 15 is 0 Å². The van der Waals surface area contributed by atoms with Gasteiger partial charge in [0.1, 0.15) is 0 Å². The van der Waals surface area contributed by atoms with E-state index in [1.807, 2.05) is 0 Å². The number of amides is 2. The Bertz CT molecular complexity index is 701. The smallest absolute Gasteiger partial charge is 0.251 e. The van der Waals surface area contributed by atoms with Crippen LogP contribution in [0.4, 0.5) is 5.69 Å². The Balaban J connectivity index is 1.83. The molecule has 1 aromatic carbocycles. The molecule has 2 N–H and O–H groups in total. The summed E-state index contributed by atoms with van der Waals surface area (Å²) < 4.78 is 25.6. The molecule has 1 aliphatic rings. The van der Waals surface area contributed by atoms with Crippen LogP contribution < -0.4 is 14.9 Å². The van der Waals surface area contributed by atoms with Crippen molar-refractivity contribution in [2.24, 2.45) is 0 Å². The number of hydrogen-bond acceptors (Lipinski definition) is 4. The van der Waals surface area contributed by atoms with Gasteiger partial charge in [-0.2, -0.15) is 0 Å². The molecule has 1 aliphatic heterocycles. The van der Waals surface area contributed by atoms with E-state index in [0.717, 1.165) is 19.3 Å². The van der Waals surface area contributed by atoms with E-state index in [2.05, 4.69) is 10.6 Å². The maximum Gasteiger partial charge on any atom is 0.251 e. The maximum atomic E-state index is 12.1. The van der Waals surface area contributed by atoms with Crippen LogP contribution in [0.25, 0.3) is 0 Å². The average molecular weight is 367 g/mol. The molecule has 1 saturated heterocycles. The SMILES string of the molecule is CC(=O)NCCCCNC(=O)c1ccc(N2CCCCS2(=O)=O)cc1. The van der Waals surface area contributed by atoms with E-state index in [9.17, 15) is 18.0 Å². The molecule has 0 aliphatic carbocycles. The number of anilines is 1. The molecule has 1 aromatic rings. The number of carbonyl (C=O) groups is 2. The van der Waals surface area contributed by atoms with Gasteiger partial charge in [0, 0.05) is 32.1 Å². The van der Waals surface area contributed by atoms with E-state index in [-0.39, 0.29) is 17.6 Å². The fraction of sp³-hybridized carbons (Fsp3) is 0.529. The Morgan fingerprint density at radius 3 is 2.28 bits per heavy atom. The number of rotatable bonds is 7. The fourth-order valence-corrected chi connectivity index (χ4v) is 4.32. The molecule has 138 valence electrons. The van der Waals surface area contributed by atoms with Gasteiger partial charge in [-0.05, 0) is 49.9 Å². The summed E-state index contributed by atoms with van der Waals surface area (Å²) in [5.41, 5.74) is 1.10. The number of nitrogens with zero attached hydrogens (tertiary/aromatic N) is 1. The lowest BCUT2D eigenvalue weighted by atomic mass is 10.2. The van der Waals surface area contributed by atoms with Crippen LogP contribution in [0.5, 0.6) is 0 Å². The van der Waals surface area contributed by atoms with Crippen LogP contribution in [-0.4, -0.2) is 45.6 Å². The van der Waals surface area contributed by atoms with Crippen molar-refractivity contribution in [3.05, 3.63) is 29.8 Å². The summed E-state index contributed by atoms with van der Waals surface area (Å²) in [6, 6.07) is 6.64. The molecular weight excluding hydrogens is 342 g/mol. The van der Waals surface area contributed by atoms with Crippen LogP contribution in [-0.2, 0) is 14.8 Å². The largest absolute Gasteiger partial charge is 0.356 e. The van der Waals surface area contributed by atoms with Gasteiger partial charge in [0.2, 0.25) is 15.9 Å². The summed E-state index contributed by atoms with van der Waals surface area (Å²) in [6.07, 6.45) is 3.11. The molecule has 0 bridgehead atoms. The standard InChI is InChI=1S/C17H25N3O4S/c1-14(21)18-10-2-3-11-19-17(22)15-6-8-16(9-7-15)20-12-4-5-13-25(20,23)24/h6-9H,2-5,10-13H2,1H3,(H,18,21)(H,19,22). The van der Waals surface area contributed by atoms with E-state index in [1.165, 1.54) is 11.2 Å². The van der Waals surface area contributed by atoms with E-state index in [4.69, 9.17) is 0 Å². The second-order valence-electron chi connectivity index (χ2n) is 6.09. The van der Waals surface area contributed by atoms with Crippen molar-refractivity contribution >= 4 is 27.5 Å². The minimum absolute atomic E-state index is 0.0557. The molecule has 8 heteroatoms. The van der Waals surface area contributed by atoms with Gasteiger partial charge in [-0.15, -0.1) is 0 Å². The third-order valence-corrected chi connectivity index (χ3v) is 5.90.